The van der Waals surface area contributed by atoms with Gasteiger partial charge in [0.1, 0.15) is 0 Å². The first-order valence-corrected chi connectivity index (χ1v) is 6.05. The zero-order valence-electron chi connectivity index (χ0n) is 7.20. The summed E-state index contributed by atoms with van der Waals surface area (Å²) in [5, 5.41) is 0.756. The molecule has 1 aliphatic rings. The lowest BCUT2D eigenvalue weighted by molar-refractivity contribution is 0.829. The van der Waals surface area contributed by atoms with Crippen molar-refractivity contribution in [1.29, 1.82) is 0 Å². The van der Waals surface area contributed by atoms with Crippen LogP contribution in [-0.2, 0) is 0 Å². The molecular weight excluding hydrogens is 164 g/mol. The minimum atomic E-state index is 0.388. The molecule has 1 heteroatoms. The number of hydrogen-bond donors (Lipinski definition) is 0. The molecule has 0 N–H and O–H groups in total. The average molecular weight is 178 g/mol. The van der Waals surface area contributed by atoms with E-state index in [1.54, 1.807) is 0 Å². The molecule has 0 radical (unpaired) electrons. The van der Waals surface area contributed by atoms with E-state index in [-0.39, 0.29) is 0 Å². The van der Waals surface area contributed by atoms with E-state index in [0.717, 1.165) is 5.25 Å². The van der Waals surface area contributed by atoms with E-state index >= 15 is 0 Å². The van der Waals surface area contributed by atoms with Crippen molar-refractivity contribution >= 4 is 16.4 Å². The summed E-state index contributed by atoms with van der Waals surface area (Å²) >= 11 is 0. The molecule has 1 saturated heterocycles. The topological polar surface area (TPSA) is 0 Å². The van der Waals surface area contributed by atoms with Gasteiger partial charge in [0.05, 0.1) is 0 Å². The maximum absolute atomic E-state index is 4.22. The van der Waals surface area contributed by atoms with Gasteiger partial charge in [-0.15, -0.1) is 0 Å². The van der Waals surface area contributed by atoms with Crippen LogP contribution in [0.15, 0.2) is 30.3 Å². The number of benzene rings is 1. The lowest BCUT2D eigenvalue weighted by Crippen LogP contribution is -1.88. The molecule has 12 heavy (non-hydrogen) atoms. The Hall–Kier alpha value is -0.560. The van der Waals surface area contributed by atoms with Gasteiger partial charge in [-0.2, -0.15) is 10.5 Å². The van der Waals surface area contributed by atoms with Gasteiger partial charge in [0.25, 0.3) is 0 Å². The molecule has 1 aliphatic heterocycles. The second-order valence-corrected chi connectivity index (χ2v) is 5.34. The van der Waals surface area contributed by atoms with Crippen LogP contribution in [0, 0.1) is 0 Å². The molecular formula is C11H14S. The maximum atomic E-state index is 4.22. The van der Waals surface area contributed by atoms with Crippen molar-refractivity contribution in [2.45, 2.75) is 18.1 Å². The van der Waals surface area contributed by atoms with Crippen molar-refractivity contribution in [2.75, 3.05) is 5.75 Å². The molecule has 1 unspecified atom stereocenters. The summed E-state index contributed by atoms with van der Waals surface area (Å²) in [4.78, 5) is 0. The molecule has 2 atom stereocenters. The fraction of sp³-hybridized carbons (Fsp3) is 0.364. The molecule has 1 aromatic rings. The summed E-state index contributed by atoms with van der Waals surface area (Å²) in [5.41, 5.74) is 1.49. The van der Waals surface area contributed by atoms with Gasteiger partial charge < -0.3 is 0 Å². The Balaban J connectivity index is 2.25. The Morgan fingerprint density at radius 1 is 1.25 bits per heavy atom. The van der Waals surface area contributed by atoms with Crippen LogP contribution >= 0.6 is 10.5 Å². The summed E-state index contributed by atoms with van der Waals surface area (Å²) < 4.78 is 0. The summed E-state index contributed by atoms with van der Waals surface area (Å²) in [6.07, 6.45) is 2.71. The molecule has 64 valence electrons. The lowest BCUT2D eigenvalue weighted by Gasteiger charge is -2.11. The summed E-state index contributed by atoms with van der Waals surface area (Å²) in [7, 11) is 0.388. The second kappa shape index (κ2) is 3.44. The van der Waals surface area contributed by atoms with Gasteiger partial charge in [-0.25, -0.2) is 0 Å². The molecule has 1 aromatic carbocycles. The van der Waals surface area contributed by atoms with Crippen molar-refractivity contribution < 1.29 is 0 Å². The van der Waals surface area contributed by atoms with Gasteiger partial charge in [-0.05, 0) is 24.2 Å². The summed E-state index contributed by atoms with van der Waals surface area (Å²) in [6.45, 7) is 0. The molecule has 0 nitrogen and oxygen atoms in total. The molecule has 1 fully saturated rings. The SMILES string of the molecule is C=S1CCC[C@H]1c1ccccc1. The van der Waals surface area contributed by atoms with Crippen molar-refractivity contribution in [3.63, 3.8) is 0 Å². The predicted molar refractivity (Wildman–Crippen MR) is 58.0 cm³/mol. The first-order chi connectivity index (χ1) is 5.88. The summed E-state index contributed by atoms with van der Waals surface area (Å²) in [6, 6.07) is 10.8. The number of rotatable bonds is 1. The van der Waals surface area contributed by atoms with Crippen LogP contribution in [-0.4, -0.2) is 11.6 Å². The molecule has 0 amide bonds. The minimum Gasteiger partial charge on any atom is -0.185 e. The summed E-state index contributed by atoms with van der Waals surface area (Å²) in [5.74, 6) is 5.56. The second-order valence-electron chi connectivity index (χ2n) is 3.28. The van der Waals surface area contributed by atoms with E-state index in [2.05, 4.69) is 36.2 Å². The minimum absolute atomic E-state index is 0.388. The van der Waals surface area contributed by atoms with Crippen molar-refractivity contribution in [1.82, 2.24) is 0 Å². The van der Waals surface area contributed by atoms with Crippen molar-refractivity contribution in [3.05, 3.63) is 35.9 Å². The molecule has 0 aromatic heterocycles. The third kappa shape index (κ3) is 1.46. The van der Waals surface area contributed by atoms with Gasteiger partial charge in [0.2, 0.25) is 0 Å². The van der Waals surface area contributed by atoms with E-state index in [1.165, 1.54) is 24.2 Å². The van der Waals surface area contributed by atoms with Crippen LogP contribution in [0.4, 0.5) is 0 Å². The van der Waals surface area contributed by atoms with Crippen LogP contribution in [0.2, 0.25) is 0 Å². The Morgan fingerprint density at radius 3 is 2.58 bits per heavy atom. The predicted octanol–water partition coefficient (Wildman–Crippen LogP) is 3.22. The average Bonchev–Trinajstić information content (AvgIpc) is 2.53. The standard InChI is InChI=1S/C11H14S/c1-12-9-5-8-11(12)10-6-3-2-4-7-10/h2-4,6-7,11H,1,5,8-9H2/t11-,12?/m0/s1. The highest BCUT2D eigenvalue weighted by Gasteiger charge is 2.18. The molecule has 1 heterocycles. The highest BCUT2D eigenvalue weighted by atomic mass is 32.2. The highest BCUT2D eigenvalue weighted by molar-refractivity contribution is 8.14. The zero-order valence-corrected chi connectivity index (χ0v) is 8.02. The fourth-order valence-corrected chi connectivity index (χ4v) is 3.65. The first-order valence-electron chi connectivity index (χ1n) is 4.42. The van der Waals surface area contributed by atoms with Gasteiger partial charge in [0, 0.05) is 5.25 Å². The van der Waals surface area contributed by atoms with E-state index in [1.807, 2.05) is 0 Å². The molecule has 0 aliphatic carbocycles. The quantitative estimate of drug-likeness (QED) is 0.579. The first kappa shape index (κ1) is 8.06. The van der Waals surface area contributed by atoms with Crippen LogP contribution in [0.1, 0.15) is 23.7 Å². The maximum Gasteiger partial charge on any atom is 0.0242 e. The Labute approximate surface area is 76.5 Å². The van der Waals surface area contributed by atoms with E-state index < -0.39 is 0 Å². The third-order valence-electron chi connectivity index (χ3n) is 2.45. The largest absolute Gasteiger partial charge is 0.185 e. The van der Waals surface area contributed by atoms with Crippen LogP contribution < -0.4 is 0 Å². The van der Waals surface area contributed by atoms with Gasteiger partial charge in [0.15, 0.2) is 0 Å². The monoisotopic (exact) mass is 178 g/mol. The van der Waals surface area contributed by atoms with Crippen LogP contribution in [0.3, 0.4) is 0 Å². The van der Waals surface area contributed by atoms with Crippen LogP contribution in [0.25, 0.3) is 0 Å². The molecule has 0 saturated carbocycles. The molecule has 0 spiro atoms. The van der Waals surface area contributed by atoms with Crippen LogP contribution in [0.5, 0.6) is 0 Å². The van der Waals surface area contributed by atoms with Gasteiger partial charge in [-0.3, -0.25) is 0 Å². The Kier molecular flexibility index (Phi) is 2.31. The van der Waals surface area contributed by atoms with E-state index in [4.69, 9.17) is 0 Å². The van der Waals surface area contributed by atoms with Crippen molar-refractivity contribution in [3.8, 4) is 0 Å². The van der Waals surface area contributed by atoms with Gasteiger partial charge in [-0.1, -0.05) is 36.2 Å². The third-order valence-corrected chi connectivity index (χ3v) is 4.57. The Bertz CT molecular complexity index is 276. The highest BCUT2D eigenvalue weighted by Crippen LogP contribution is 2.43. The van der Waals surface area contributed by atoms with E-state index in [9.17, 15) is 0 Å². The normalized spacial score (nSPS) is 29.0. The van der Waals surface area contributed by atoms with E-state index in [0.29, 0.717) is 10.5 Å². The van der Waals surface area contributed by atoms with Crippen molar-refractivity contribution in [2.24, 2.45) is 0 Å². The molecule has 0 bridgehead atoms. The smallest absolute Gasteiger partial charge is 0.0242 e. The fourth-order valence-electron chi connectivity index (χ4n) is 1.79. The number of hydrogen-bond acceptors (Lipinski definition) is 0. The zero-order chi connectivity index (χ0) is 8.39. The lowest BCUT2D eigenvalue weighted by atomic mass is 10.1. The Morgan fingerprint density at radius 2 is 2.00 bits per heavy atom. The van der Waals surface area contributed by atoms with Gasteiger partial charge >= 0.3 is 0 Å². The molecule has 2 rings (SSSR count).